The molecule has 0 atom stereocenters. The molecule has 1 rings (SSSR count). The van der Waals surface area contributed by atoms with E-state index in [-0.39, 0.29) is 5.56 Å². The fourth-order valence-corrected chi connectivity index (χ4v) is 0.784. The minimum absolute atomic E-state index is 0.190. The molecule has 0 aliphatic carbocycles. The van der Waals surface area contributed by atoms with E-state index >= 15 is 0 Å². The molecule has 0 unspecified atom stereocenters. The summed E-state index contributed by atoms with van der Waals surface area (Å²) in [6.07, 6.45) is 4.32. The molecule has 0 amide bonds. The van der Waals surface area contributed by atoms with Crippen LogP contribution in [0.1, 0.15) is 25.1 Å². The topological polar surface area (TPSA) is 45.8 Å². The van der Waals surface area contributed by atoms with Crippen LogP contribution in [-0.4, -0.2) is 9.97 Å². The van der Waals surface area contributed by atoms with Gasteiger partial charge in [0, 0.05) is 0 Å². The van der Waals surface area contributed by atoms with Gasteiger partial charge in [0.1, 0.15) is 0 Å². The van der Waals surface area contributed by atoms with E-state index in [0.717, 1.165) is 0 Å². The zero-order valence-corrected chi connectivity index (χ0v) is 8.00. The van der Waals surface area contributed by atoms with Crippen molar-refractivity contribution in [2.24, 2.45) is 0 Å². The summed E-state index contributed by atoms with van der Waals surface area (Å²) in [5.41, 5.74) is 0.830. The van der Waals surface area contributed by atoms with Crippen LogP contribution >= 0.6 is 0 Å². The summed E-state index contributed by atoms with van der Waals surface area (Å²) in [6, 6.07) is 0. The number of rotatable bonds is 2. The van der Waals surface area contributed by atoms with E-state index in [2.05, 4.69) is 23.1 Å². The molecule has 0 fully saturated rings. The molecular weight excluding hydrogens is 164 g/mol. The average molecular weight is 178 g/mol. The Morgan fingerprint density at radius 3 is 2.38 bits per heavy atom. The van der Waals surface area contributed by atoms with Gasteiger partial charge in [-0.05, 0) is 6.08 Å². The van der Waals surface area contributed by atoms with Crippen LogP contribution in [0, 0.1) is 0 Å². The minimum Gasteiger partial charge on any atom is -0.313 e. The molecule has 1 heterocycles. The Morgan fingerprint density at radius 2 is 2.00 bits per heavy atom. The van der Waals surface area contributed by atoms with E-state index in [9.17, 15) is 4.79 Å². The molecule has 0 saturated carbocycles. The van der Waals surface area contributed by atoms with Gasteiger partial charge in [0.15, 0.2) is 0 Å². The molecule has 0 spiro atoms. The van der Waals surface area contributed by atoms with Gasteiger partial charge in [0.25, 0.3) is 5.56 Å². The monoisotopic (exact) mass is 178 g/mol. The summed E-state index contributed by atoms with van der Waals surface area (Å²) in [4.78, 5) is 17.3. The van der Waals surface area contributed by atoms with Crippen LogP contribution in [-0.2, 0) is 0 Å². The number of H-pyrrole nitrogens is 1. The molecule has 0 saturated heterocycles. The number of nitrogens with one attached hydrogen (secondary N) is 1. The maximum Gasteiger partial charge on any atom is 0.258 e. The van der Waals surface area contributed by atoms with Crippen LogP contribution in [0.2, 0.25) is 0 Å². The van der Waals surface area contributed by atoms with Crippen LogP contribution in [0.15, 0.2) is 24.3 Å². The van der Waals surface area contributed by atoms with E-state index in [1.807, 2.05) is 13.8 Å². The van der Waals surface area contributed by atoms with Crippen molar-refractivity contribution in [1.29, 1.82) is 0 Å². The summed E-state index contributed by atoms with van der Waals surface area (Å²) < 4.78 is 0. The van der Waals surface area contributed by atoms with Gasteiger partial charge in [-0.2, -0.15) is 0 Å². The highest BCUT2D eigenvalue weighted by Gasteiger charge is 1.98. The lowest BCUT2D eigenvalue weighted by Crippen LogP contribution is -2.11. The van der Waals surface area contributed by atoms with E-state index in [4.69, 9.17) is 0 Å². The Balaban J connectivity index is 0.000000671. The predicted octanol–water partition coefficient (Wildman–Crippen LogP) is 2.08. The molecule has 0 aliphatic rings. The summed E-state index contributed by atoms with van der Waals surface area (Å²) >= 11 is 0. The standard InChI is InChI=1S/C8H8N2O.C2H6/c1-3-6-7(4-2)9-5-10-8(6)11;1-2/h3-5H,1-2H2,(H,9,10,11);1-2H3. The second-order valence-electron chi connectivity index (χ2n) is 1.94. The molecule has 3 nitrogen and oxygen atoms in total. The number of aromatic nitrogens is 2. The van der Waals surface area contributed by atoms with Gasteiger partial charge in [0.2, 0.25) is 0 Å². The van der Waals surface area contributed by atoms with E-state index in [1.165, 1.54) is 18.5 Å². The SMILES string of the molecule is C=Cc1nc[nH]c(=O)c1C=C.CC. The maximum atomic E-state index is 11.0. The first kappa shape index (κ1) is 11.4. The van der Waals surface area contributed by atoms with Crippen molar-refractivity contribution in [2.45, 2.75) is 13.8 Å². The summed E-state index contributed by atoms with van der Waals surface area (Å²) in [7, 11) is 0. The van der Waals surface area contributed by atoms with Crippen molar-refractivity contribution in [1.82, 2.24) is 9.97 Å². The quantitative estimate of drug-likeness (QED) is 0.753. The molecule has 0 aliphatic heterocycles. The number of hydrogen-bond acceptors (Lipinski definition) is 2. The van der Waals surface area contributed by atoms with Gasteiger partial charge in [-0.15, -0.1) is 0 Å². The molecule has 3 heteroatoms. The molecule has 1 N–H and O–H groups in total. The van der Waals surface area contributed by atoms with Crippen molar-refractivity contribution in [3.05, 3.63) is 41.1 Å². The van der Waals surface area contributed by atoms with Gasteiger partial charge in [0.05, 0.1) is 17.6 Å². The van der Waals surface area contributed by atoms with Crippen LogP contribution in [0.5, 0.6) is 0 Å². The number of hydrogen-bond donors (Lipinski definition) is 1. The van der Waals surface area contributed by atoms with Crippen LogP contribution in [0.3, 0.4) is 0 Å². The molecule has 70 valence electrons. The van der Waals surface area contributed by atoms with E-state index in [1.54, 1.807) is 0 Å². The van der Waals surface area contributed by atoms with Crippen molar-refractivity contribution in [3.8, 4) is 0 Å². The maximum absolute atomic E-state index is 11.0. The van der Waals surface area contributed by atoms with Gasteiger partial charge >= 0.3 is 0 Å². The Morgan fingerprint density at radius 1 is 1.38 bits per heavy atom. The first-order valence-electron chi connectivity index (χ1n) is 4.12. The minimum atomic E-state index is -0.190. The highest BCUT2D eigenvalue weighted by molar-refractivity contribution is 5.58. The molecule has 13 heavy (non-hydrogen) atoms. The first-order chi connectivity index (χ1) is 6.29. The summed E-state index contributed by atoms with van der Waals surface area (Å²) in [5, 5.41) is 0. The molecule has 0 bridgehead atoms. The fraction of sp³-hybridized carbons (Fsp3) is 0.200. The second-order valence-corrected chi connectivity index (χ2v) is 1.94. The number of nitrogens with zero attached hydrogens (tertiary/aromatic N) is 1. The van der Waals surface area contributed by atoms with Crippen molar-refractivity contribution in [2.75, 3.05) is 0 Å². The smallest absolute Gasteiger partial charge is 0.258 e. The molecule has 0 radical (unpaired) electrons. The third-order valence-electron chi connectivity index (χ3n) is 1.32. The first-order valence-corrected chi connectivity index (χ1v) is 4.12. The second kappa shape index (κ2) is 5.94. The van der Waals surface area contributed by atoms with E-state index in [0.29, 0.717) is 11.3 Å². The van der Waals surface area contributed by atoms with Crippen molar-refractivity contribution in [3.63, 3.8) is 0 Å². The van der Waals surface area contributed by atoms with Crippen molar-refractivity contribution < 1.29 is 0 Å². The predicted molar refractivity (Wildman–Crippen MR) is 56.4 cm³/mol. The lowest BCUT2D eigenvalue weighted by atomic mass is 10.2. The lowest BCUT2D eigenvalue weighted by Gasteiger charge is -1.94. The summed E-state index contributed by atoms with van der Waals surface area (Å²) in [6.45, 7) is 11.0. The normalized spacial score (nSPS) is 8.15. The molecular formula is C10H14N2O. The van der Waals surface area contributed by atoms with Gasteiger partial charge in [-0.25, -0.2) is 4.98 Å². The highest BCUT2D eigenvalue weighted by Crippen LogP contribution is 2.00. The van der Waals surface area contributed by atoms with Gasteiger partial charge in [-0.3, -0.25) is 4.79 Å². The summed E-state index contributed by atoms with van der Waals surface area (Å²) in [5.74, 6) is 0. The van der Waals surface area contributed by atoms with Crippen LogP contribution < -0.4 is 5.56 Å². The van der Waals surface area contributed by atoms with Gasteiger partial charge < -0.3 is 4.98 Å². The lowest BCUT2D eigenvalue weighted by molar-refractivity contribution is 1.09. The van der Waals surface area contributed by atoms with E-state index < -0.39 is 0 Å². The van der Waals surface area contributed by atoms with Crippen molar-refractivity contribution >= 4 is 12.2 Å². The Kier molecular flexibility index (Phi) is 5.19. The third-order valence-corrected chi connectivity index (χ3v) is 1.32. The Hall–Kier alpha value is -1.64. The molecule has 0 aromatic carbocycles. The Labute approximate surface area is 77.8 Å². The third kappa shape index (κ3) is 2.71. The number of aromatic amines is 1. The zero-order chi connectivity index (χ0) is 10.3. The van der Waals surface area contributed by atoms with Crippen LogP contribution in [0.25, 0.3) is 12.2 Å². The highest BCUT2D eigenvalue weighted by atomic mass is 16.1. The largest absolute Gasteiger partial charge is 0.313 e. The zero-order valence-electron chi connectivity index (χ0n) is 8.00. The molecule has 1 aromatic heterocycles. The van der Waals surface area contributed by atoms with Crippen LogP contribution in [0.4, 0.5) is 0 Å². The fourth-order valence-electron chi connectivity index (χ4n) is 0.784. The molecule has 1 aromatic rings. The van der Waals surface area contributed by atoms with Gasteiger partial charge in [-0.1, -0.05) is 33.1 Å². The Bertz CT molecular complexity index is 339. The average Bonchev–Trinajstić information content (AvgIpc) is 2.20.